The molecule has 23 heavy (non-hydrogen) atoms. The van der Waals surface area contributed by atoms with E-state index < -0.39 is 6.09 Å². The van der Waals surface area contributed by atoms with Crippen LogP contribution in [0.5, 0.6) is 5.88 Å². The fourth-order valence-corrected chi connectivity index (χ4v) is 1.93. The van der Waals surface area contributed by atoms with Crippen molar-refractivity contribution in [3.05, 3.63) is 60.1 Å². The molecule has 7 heteroatoms. The average Bonchev–Trinajstić information content (AvgIpc) is 3.20. The lowest BCUT2D eigenvalue weighted by Crippen LogP contribution is -2.28. The number of amides is 1. The van der Waals surface area contributed by atoms with Gasteiger partial charge in [-0.25, -0.2) is 9.18 Å². The standard InChI is InChI=1S/C16H13FN2O4/c17-12-5-3-11(4-6-12)7-8-18-16(20)22-15-10-14(23-19-15)13-2-1-9-21-13/h1-6,9-10H,7-8H2,(H,18,20). The number of furan rings is 1. The zero-order valence-corrected chi connectivity index (χ0v) is 12.0. The normalized spacial score (nSPS) is 10.5. The topological polar surface area (TPSA) is 77.5 Å². The van der Waals surface area contributed by atoms with Gasteiger partial charge in [0.25, 0.3) is 5.88 Å². The zero-order chi connectivity index (χ0) is 16.1. The van der Waals surface area contributed by atoms with Crippen LogP contribution in [-0.4, -0.2) is 17.8 Å². The Balaban J connectivity index is 1.47. The lowest BCUT2D eigenvalue weighted by Gasteiger charge is -2.04. The van der Waals surface area contributed by atoms with Gasteiger partial charge >= 0.3 is 6.09 Å². The molecule has 0 fully saturated rings. The lowest BCUT2D eigenvalue weighted by molar-refractivity contribution is 0.196. The molecule has 0 saturated carbocycles. The Morgan fingerprint density at radius 3 is 2.78 bits per heavy atom. The highest BCUT2D eigenvalue weighted by atomic mass is 19.1. The molecule has 0 saturated heterocycles. The minimum Gasteiger partial charge on any atom is -0.461 e. The monoisotopic (exact) mass is 316 g/mol. The number of nitrogens with zero attached hydrogens (tertiary/aromatic N) is 1. The maximum absolute atomic E-state index is 12.8. The predicted molar refractivity (Wildman–Crippen MR) is 78.3 cm³/mol. The Kier molecular flexibility index (Phi) is 4.37. The minimum absolute atomic E-state index is 0.0377. The average molecular weight is 316 g/mol. The van der Waals surface area contributed by atoms with Crippen molar-refractivity contribution < 1.29 is 22.9 Å². The molecule has 2 aromatic heterocycles. The van der Waals surface area contributed by atoms with Crippen LogP contribution in [0.3, 0.4) is 0 Å². The molecule has 118 valence electrons. The summed E-state index contributed by atoms with van der Waals surface area (Å²) < 4.78 is 27.9. The first-order chi connectivity index (χ1) is 11.2. The number of halogens is 1. The Hall–Kier alpha value is -3.09. The van der Waals surface area contributed by atoms with Crippen molar-refractivity contribution in [3.8, 4) is 17.4 Å². The van der Waals surface area contributed by atoms with Gasteiger partial charge < -0.3 is 19.0 Å². The molecule has 0 bridgehead atoms. The van der Waals surface area contributed by atoms with Gasteiger partial charge in [-0.05, 0) is 41.4 Å². The van der Waals surface area contributed by atoms with Crippen molar-refractivity contribution >= 4 is 6.09 Å². The van der Waals surface area contributed by atoms with E-state index in [1.807, 2.05) is 0 Å². The van der Waals surface area contributed by atoms with E-state index in [0.29, 0.717) is 24.5 Å². The fourth-order valence-electron chi connectivity index (χ4n) is 1.93. The molecule has 3 aromatic rings. The highest BCUT2D eigenvalue weighted by molar-refractivity contribution is 5.70. The first kappa shape index (κ1) is 14.8. The van der Waals surface area contributed by atoms with Crippen LogP contribution in [0.4, 0.5) is 9.18 Å². The molecule has 1 amide bonds. The van der Waals surface area contributed by atoms with E-state index >= 15 is 0 Å². The number of rotatable bonds is 5. The van der Waals surface area contributed by atoms with Crippen LogP contribution < -0.4 is 10.1 Å². The smallest absolute Gasteiger partial charge is 0.414 e. The summed E-state index contributed by atoms with van der Waals surface area (Å²) in [6.07, 6.45) is 1.42. The number of aromatic nitrogens is 1. The summed E-state index contributed by atoms with van der Waals surface area (Å²) in [5.74, 6) is 0.600. The summed E-state index contributed by atoms with van der Waals surface area (Å²) in [4.78, 5) is 11.7. The Bertz CT molecular complexity index is 766. The van der Waals surface area contributed by atoms with Crippen LogP contribution in [0.1, 0.15) is 5.56 Å². The quantitative estimate of drug-likeness (QED) is 0.780. The molecule has 0 spiro atoms. The van der Waals surface area contributed by atoms with Gasteiger partial charge in [-0.1, -0.05) is 12.1 Å². The lowest BCUT2D eigenvalue weighted by atomic mass is 10.1. The van der Waals surface area contributed by atoms with E-state index in [1.165, 1.54) is 24.5 Å². The zero-order valence-electron chi connectivity index (χ0n) is 12.0. The molecule has 0 aliphatic carbocycles. The second kappa shape index (κ2) is 6.78. The molecule has 2 heterocycles. The molecule has 1 N–H and O–H groups in total. The number of benzene rings is 1. The first-order valence-electron chi connectivity index (χ1n) is 6.91. The molecule has 0 aliphatic rings. The summed E-state index contributed by atoms with van der Waals surface area (Å²) in [5, 5.41) is 6.21. The third-order valence-corrected chi connectivity index (χ3v) is 3.05. The minimum atomic E-state index is -0.647. The first-order valence-corrected chi connectivity index (χ1v) is 6.91. The summed E-state index contributed by atoms with van der Waals surface area (Å²) in [6, 6.07) is 10.9. The highest BCUT2D eigenvalue weighted by Crippen LogP contribution is 2.23. The van der Waals surface area contributed by atoms with Crippen molar-refractivity contribution in [1.29, 1.82) is 0 Å². The van der Waals surface area contributed by atoms with E-state index in [0.717, 1.165) is 5.56 Å². The third-order valence-electron chi connectivity index (χ3n) is 3.05. The molecular weight excluding hydrogens is 303 g/mol. The summed E-state index contributed by atoms with van der Waals surface area (Å²) >= 11 is 0. The fraction of sp³-hybridized carbons (Fsp3) is 0.125. The molecular formula is C16H13FN2O4. The van der Waals surface area contributed by atoms with Gasteiger partial charge in [0, 0.05) is 6.54 Å². The summed E-state index contributed by atoms with van der Waals surface area (Å²) in [6.45, 7) is 0.355. The van der Waals surface area contributed by atoms with Crippen LogP contribution in [0, 0.1) is 5.82 Å². The van der Waals surface area contributed by atoms with Gasteiger partial charge in [-0.3, -0.25) is 0 Å². The van der Waals surface area contributed by atoms with E-state index in [-0.39, 0.29) is 11.7 Å². The summed E-state index contributed by atoms with van der Waals surface area (Å²) in [7, 11) is 0. The van der Waals surface area contributed by atoms with Crippen LogP contribution >= 0.6 is 0 Å². The second-order valence-corrected chi connectivity index (χ2v) is 4.70. The van der Waals surface area contributed by atoms with Crippen molar-refractivity contribution in [2.45, 2.75) is 6.42 Å². The predicted octanol–water partition coefficient (Wildman–Crippen LogP) is 3.40. The van der Waals surface area contributed by atoms with Gasteiger partial charge in [0.1, 0.15) is 5.82 Å². The van der Waals surface area contributed by atoms with Crippen molar-refractivity contribution in [3.63, 3.8) is 0 Å². The maximum Gasteiger partial charge on any atom is 0.414 e. The van der Waals surface area contributed by atoms with E-state index in [1.54, 1.807) is 24.3 Å². The van der Waals surface area contributed by atoms with Gasteiger partial charge in [0.15, 0.2) is 5.76 Å². The number of hydrogen-bond donors (Lipinski definition) is 1. The number of carbonyl (C=O) groups excluding carboxylic acids is 1. The number of carbonyl (C=O) groups is 1. The number of ether oxygens (including phenoxy) is 1. The SMILES string of the molecule is O=C(NCCc1ccc(F)cc1)Oc1cc(-c2ccco2)on1. The molecule has 3 rings (SSSR count). The molecule has 0 aliphatic heterocycles. The Morgan fingerprint density at radius 2 is 2.04 bits per heavy atom. The van der Waals surface area contributed by atoms with Crippen LogP contribution in [0.2, 0.25) is 0 Å². The molecule has 0 atom stereocenters. The molecule has 1 aromatic carbocycles. The molecule has 0 radical (unpaired) electrons. The Labute approximate surface area is 130 Å². The van der Waals surface area contributed by atoms with Crippen LogP contribution in [0.25, 0.3) is 11.5 Å². The largest absolute Gasteiger partial charge is 0.461 e. The second-order valence-electron chi connectivity index (χ2n) is 4.70. The van der Waals surface area contributed by atoms with Crippen molar-refractivity contribution in [2.24, 2.45) is 0 Å². The Morgan fingerprint density at radius 1 is 1.22 bits per heavy atom. The maximum atomic E-state index is 12.8. The van der Waals surface area contributed by atoms with Crippen LogP contribution in [0.15, 0.2) is 57.7 Å². The molecule has 6 nitrogen and oxygen atoms in total. The van der Waals surface area contributed by atoms with Crippen molar-refractivity contribution in [1.82, 2.24) is 10.5 Å². The van der Waals surface area contributed by atoms with E-state index in [4.69, 9.17) is 13.7 Å². The number of nitrogens with one attached hydrogen (secondary N) is 1. The van der Waals surface area contributed by atoms with Crippen LogP contribution in [-0.2, 0) is 6.42 Å². The van der Waals surface area contributed by atoms with Crippen molar-refractivity contribution in [2.75, 3.05) is 6.54 Å². The van der Waals surface area contributed by atoms with Gasteiger partial charge in [-0.2, -0.15) is 0 Å². The van der Waals surface area contributed by atoms with Gasteiger partial charge in [0.05, 0.1) is 12.3 Å². The van der Waals surface area contributed by atoms with E-state index in [9.17, 15) is 9.18 Å². The molecule has 0 unspecified atom stereocenters. The highest BCUT2D eigenvalue weighted by Gasteiger charge is 2.12. The number of hydrogen-bond acceptors (Lipinski definition) is 5. The van der Waals surface area contributed by atoms with Gasteiger partial charge in [0.2, 0.25) is 5.76 Å². The third kappa shape index (κ3) is 3.97. The summed E-state index contributed by atoms with van der Waals surface area (Å²) in [5.41, 5.74) is 0.910. The van der Waals surface area contributed by atoms with Gasteiger partial charge in [-0.15, -0.1) is 0 Å². The van der Waals surface area contributed by atoms with E-state index in [2.05, 4.69) is 10.5 Å².